The Hall–Kier alpha value is -0.600. The predicted octanol–water partition coefficient (Wildman–Crippen LogP) is 3.96. The molecule has 0 aliphatic rings. The lowest BCUT2D eigenvalue weighted by Crippen LogP contribution is -1.81. The number of hydrogen-bond donors (Lipinski definition) is 0. The highest BCUT2D eigenvalue weighted by molar-refractivity contribution is 9.10. The summed E-state index contributed by atoms with van der Waals surface area (Å²) in [5, 5.41) is 2.80. The molecule has 3 heteroatoms. The highest BCUT2D eigenvalue weighted by atomic mass is 79.9. The zero-order chi connectivity index (χ0) is 9.42. The number of rotatable bonds is 0. The maximum Gasteiger partial charge on any atom is 0.129 e. The maximum absolute atomic E-state index is 5.81. The number of nitrogens with zero attached hydrogens (tertiary/aromatic N) is 1. The molecule has 66 valence electrons. The van der Waals surface area contributed by atoms with E-state index in [1.807, 2.05) is 12.1 Å². The number of aromatic nitrogens is 1. The van der Waals surface area contributed by atoms with Gasteiger partial charge in [0, 0.05) is 16.1 Å². The van der Waals surface area contributed by atoms with Crippen LogP contribution in [-0.2, 0) is 0 Å². The Labute approximate surface area is 89.9 Å². The van der Waals surface area contributed by atoms with Crippen molar-refractivity contribution in [2.75, 3.05) is 0 Å². The number of fused-ring (bicyclic) bond motifs is 1. The number of benzene rings is 1. The van der Waals surface area contributed by atoms with Crippen LogP contribution in [0.5, 0.6) is 0 Å². The van der Waals surface area contributed by atoms with E-state index in [0.29, 0.717) is 5.15 Å². The van der Waals surface area contributed by atoms with Crippen LogP contribution >= 0.6 is 27.5 Å². The largest absolute Gasteiger partial charge is 0.244 e. The summed E-state index contributed by atoms with van der Waals surface area (Å²) in [5.74, 6) is 0. The molecule has 0 saturated carbocycles. The van der Waals surface area contributed by atoms with E-state index in [4.69, 9.17) is 11.6 Å². The minimum absolute atomic E-state index is 0.540. The highest BCUT2D eigenvalue weighted by Crippen LogP contribution is 2.24. The normalized spacial score (nSPS) is 10.7. The summed E-state index contributed by atoms with van der Waals surface area (Å²) < 4.78 is 1.07. The summed E-state index contributed by atoms with van der Waals surface area (Å²) in [7, 11) is 0. The van der Waals surface area contributed by atoms with Gasteiger partial charge in [-0.2, -0.15) is 0 Å². The Kier molecular flexibility index (Phi) is 2.26. The van der Waals surface area contributed by atoms with Crippen molar-refractivity contribution in [3.63, 3.8) is 0 Å². The highest BCUT2D eigenvalue weighted by Gasteiger charge is 2.00. The fraction of sp³-hybridized carbons (Fsp3) is 0.100. The van der Waals surface area contributed by atoms with Crippen molar-refractivity contribution in [1.82, 2.24) is 4.98 Å². The van der Waals surface area contributed by atoms with Crippen molar-refractivity contribution in [3.8, 4) is 0 Å². The molecule has 0 aliphatic carbocycles. The van der Waals surface area contributed by atoms with Gasteiger partial charge in [0.2, 0.25) is 0 Å². The van der Waals surface area contributed by atoms with Crippen molar-refractivity contribution in [3.05, 3.63) is 39.6 Å². The standard InChI is InChI=1S/C10H7BrClN/c1-6-2-8(11)3-7-5-13-10(12)4-9(6)7/h2-5H,1H3. The van der Waals surface area contributed by atoms with Gasteiger partial charge in [0.15, 0.2) is 0 Å². The Morgan fingerprint density at radius 3 is 2.85 bits per heavy atom. The minimum atomic E-state index is 0.540. The SMILES string of the molecule is Cc1cc(Br)cc2cnc(Cl)cc12. The molecule has 0 aliphatic heterocycles. The van der Waals surface area contributed by atoms with E-state index in [-0.39, 0.29) is 0 Å². The summed E-state index contributed by atoms with van der Waals surface area (Å²) in [5.41, 5.74) is 1.20. The third kappa shape index (κ3) is 1.69. The molecule has 2 aromatic rings. The van der Waals surface area contributed by atoms with Crippen LogP contribution in [0.15, 0.2) is 28.9 Å². The van der Waals surface area contributed by atoms with Crippen molar-refractivity contribution in [2.24, 2.45) is 0 Å². The second-order valence-electron chi connectivity index (χ2n) is 2.95. The van der Waals surface area contributed by atoms with Gasteiger partial charge in [-0.1, -0.05) is 27.5 Å². The molecule has 0 unspecified atom stereocenters. The van der Waals surface area contributed by atoms with Crippen molar-refractivity contribution in [1.29, 1.82) is 0 Å². The molecule has 2 rings (SSSR count). The fourth-order valence-electron chi connectivity index (χ4n) is 1.37. The van der Waals surface area contributed by atoms with E-state index >= 15 is 0 Å². The van der Waals surface area contributed by atoms with E-state index < -0.39 is 0 Å². The van der Waals surface area contributed by atoms with Gasteiger partial charge < -0.3 is 0 Å². The second kappa shape index (κ2) is 3.28. The smallest absolute Gasteiger partial charge is 0.129 e. The van der Waals surface area contributed by atoms with Gasteiger partial charge in [-0.25, -0.2) is 4.98 Å². The lowest BCUT2D eigenvalue weighted by molar-refractivity contribution is 1.35. The van der Waals surface area contributed by atoms with Gasteiger partial charge in [0.05, 0.1) is 0 Å². The molecule has 0 radical (unpaired) electrons. The molecule has 0 saturated heterocycles. The molecular formula is C10H7BrClN. The van der Waals surface area contributed by atoms with E-state index in [0.717, 1.165) is 15.2 Å². The summed E-state index contributed by atoms with van der Waals surface area (Å²) in [6.07, 6.45) is 1.79. The lowest BCUT2D eigenvalue weighted by atomic mass is 10.1. The third-order valence-electron chi connectivity index (χ3n) is 1.97. The van der Waals surface area contributed by atoms with E-state index in [1.165, 1.54) is 5.56 Å². The Balaban J connectivity index is 2.87. The van der Waals surface area contributed by atoms with Crippen LogP contribution in [0.1, 0.15) is 5.56 Å². The number of pyridine rings is 1. The van der Waals surface area contributed by atoms with E-state index in [9.17, 15) is 0 Å². The van der Waals surface area contributed by atoms with Gasteiger partial charge in [-0.05, 0) is 36.1 Å². The first kappa shape index (κ1) is 8.97. The Bertz CT molecular complexity index is 468. The van der Waals surface area contributed by atoms with Crippen molar-refractivity contribution < 1.29 is 0 Å². The zero-order valence-electron chi connectivity index (χ0n) is 7.01. The van der Waals surface area contributed by atoms with Crippen LogP contribution in [0, 0.1) is 6.92 Å². The molecule has 1 aromatic carbocycles. The molecule has 1 heterocycles. The van der Waals surface area contributed by atoms with E-state index in [2.05, 4.69) is 33.9 Å². The summed E-state index contributed by atoms with van der Waals surface area (Å²) in [4.78, 5) is 4.03. The monoisotopic (exact) mass is 255 g/mol. The van der Waals surface area contributed by atoms with Crippen LogP contribution in [0.3, 0.4) is 0 Å². The summed E-state index contributed by atoms with van der Waals surface area (Å²) in [6.45, 7) is 2.06. The summed E-state index contributed by atoms with van der Waals surface area (Å²) >= 11 is 9.25. The fourth-order valence-corrected chi connectivity index (χ4v) is 2.12. The van der Waals surface area contributed by atoms with Gasteiger partial charge in [-0.15, -0.1) is 0 Å². The molecule has 0 fully saturated rings. The van der Waals surface area contributed by atoms with Gasteiger partial charge in [-0.3, -0.25) is 0 Å². The number of halogens is 2. The third-order valence-corrected chi connectivity index (χ3v) is 2.64. The first-order chi connectivity index (χ1) is 6.16. The molecule has 0 bridgehead atoms. The molecule has 0 spiro atoms. The topological polar surface area (TPSA) is 12.9 Å². The van der Waals surface area contributed by atoms with Crippen LogP contribution in [0.25, 0.3) is 10.8 Å². The number of aryl methyl sites for hydroxylation is 1. The molecule has 1 aromatic heterocycles. The zero-order valence-corrected chi connectivity index (χ0v) is 9.35. The Morgan fingerprint density at radius 1 is 1.31 bits per heavy atom. The first-order valence-electron chi connectivity index (χ1n) is 3.88. The quantitative estimate of drug-likeness (QED) is 0.650. The predicted molar refractivity (Wildman–Crippen MR) is 59.2 cm³/mol. The Morgan fingerprint density at radius 2 is 2.08 bits per heavy atom. The molecule has 13 heavy (non-hydrogen) atoms. The van der Waals surface area contributed by atoms with Gasteiger partial charge in [0.25, 0.3) is 0 Å². The van der Waals surface area contributed by atoms with Crippen molar-refractivity contribution >= 4 is 38.3 Å². The maximum atomic E-state index is 5.81. The van der Waals surface area contributed by atoms with Crippen LogP contribution in [0.2, 0.25) is 5.15 Å². The first-order valence-corrected chi connectivity index (χ1v) is 5.05. The average molecular weight is 257 g/mol. The minimum Gasteiger partial charge on any atom is -0.244 e. The van der Waals surface area contributed by atoms with Crippen LogP contribution in [0.4, 0.5) is 0 Å². The average Bonchev–Trinajstić information content (AvgIpc) is 2.06. The van der Waals surface area contributed by atoms with Crippen molar-refractivity contribution in [2.45, 2.75) is 6.92 Å². The molecule has 0 amide bonds. The molecule has 0 N–H and O–H groups in total. The van der Waals surface area contributed by atoms with Gasteiger partial charge in [0.1, 0.15) is 5.15 Å². The molecule has 0 atom stereocenters. The summed E-state index contributed by atoms with van der Waals surface area (Å²) in [6, 6.07) is 5.99. The number of hydrogen-bond acceptors (Lipinski definition) is 1. The van der Waals surface area contributed by atoms with Crippen LogP contribution < -0.4 is 0 Å². The van der Waals surface area contributed by atoms with Gasteiger partial charge >= 0.3 is 0 Å². The van der Waals surface area contributed by atoms with Crippen LogP contribution in [-0.4, -0.2) is 4.98 Å². The molecule has 1 nitrogen and oxygen atoms in total. The van der Waals surface area contributed by atoms with E-state index in [1.54, 1.807) is 6.20 Å². The lowest BCUT2D eigenvalue weighted by Gasteiger charge is -2.02. The molecular weight excluding hydrogens is 249 g/mol. The second-order valence-corrected chi connectivity index (χ2v) is 4.25.